The SMILES string of the molecule is NC1CCC(CNC(=O)C2CCCCCC2)CC1. The van der Waals surface area contributed by atoms with E-state index in [1.807, 2.05) is 0 Å². The van der Waals surface area contributed by atoms with Crippen LogP contribution in [0, 0.1) is 11.8 Å². The van der Waals surface area contributed by atoms with Gasteiger partial charge in [0.05, 0.1) is 0 Å². The van der Waals surface area contributed by atoms with E-state index < -0.39 is 0 Å². The van der Waals surface area contributed by atoms with Gasteiger partial charge in [-0.1, -0.05) is 25.7 Å². The average molecular weight is 252 g/mol. The van der Waals surface area contributed by atoms with Crippen molar-refractivity contribution >= 4 is 5.91 Å². The van der Waals surface area contributed by atoms with Gasteiger partial charge in [-0.05, 0) is 44.4 Å². The molecule has 0 aliphatic heterocycles. The number of hydrogen-bond acceptors (Lipinski definition) is 2. The van der Waals surface area contributed by atoms with Crippen molar-refractivity contribution in [2.45, 2.75) is 70.3 Å². The Morgan fingerprint density at radius 1 is 0.944 bits per heavy atom. The molecule has 0 saturated heterocycles. The minimum atomic E-state index is 0.290. The number of amides is 1. The van der Waals surface area contributed by atoms with Crippen LogP contribution < -0.4 is 11.1 Å². The standard InChI is InChI=1S/C15H28N2O/c16-14-9-7-12(8-10-14)11-17-15(18)13-5-3-1-2-4-6-13/h12-14H,1-11,16H2,(H,17,18). The molecule has 0 bridgehead atoms. The van der Waals surface area contributed by atoms with E-state index >= 15 is 0 Å². The zero-order chi connectivity index (χ0) is 12.8. The fourth-order valence-corrected chi connectivity index (χ4v) is 3.32. The zero-order valence-corrected chi connectivity index (χ0v) is 11.5. The van der Waals surface area contributed by atoms with Crippen LogP contribution in [0.1, 0.15) is 64.2 Å². The highest BCUT2D eigenvalue weighted by molar-refractivity contribution is 5.78. The molecule has 0 aromatic carbocycles. The number of nitrogens with one attached hydrogen (secondary N) is 1. The van der Waals surface area contributed by atoms with Crippen molar-refractivity contribution in [3.8, 4) is 0 Å². The van der Waals surface area contributed by atoms with Crippen LogP contribution in [0.5, 0.6) is 0 Å². The molecule has 2 rings (SSSR count). The Morgan fingerprint density at radius 3 is 2.17 bits per heavy atom. The molecular formula is C15H28N2O. The first-order chi connectivity index (χ1) is 8.75. The average Bonchev–Trinajstić information content (AvgIpc) is 2.66. The Kier molecular flexibility index (Phi) is 5.48. The Labute approximate surface area is 111 Å². The zero-order valence-electron chi connectivity index (χ0n) is 11.5. The number of hydrogen-bond donors (Lipinski definition) is 2. The summed E-state index contributed by atoms with van der Waals surface area (Å²) < 4.78 is 0. The van der Waals surface area contributed by atoms with Crippen LogP contribution in [0.2, 0.25) is 0 Å². The number of nitrogens with two attached hydrogens (primary N) is 1. The van der Waals surface area contributed by atoms with Crippen molar-refractivity contribution in [3.05, 3.63) is 0 Å². The van der Waals surface area contributed by atoms with Crippen molar-refractivity contribution in [1.82, 2.24) is 5.32 Å². The summed E-state index contributed by atoms with van der Waals surface area (Å²) in [7, 11) is 0. The van der Waals surface area contributed by atoms with Gasteiger partial charge in [0.15, 0.2) is 0 Å². The van der Waals surface area contributed by atoms with Crippen molar-refractivity contribution in [3.63, 3.8) is 0 Å². The topological polar surface area (TPSA) is 55.1 Å². The molecule has 2 saturated carbocycles. The van der Waals surface area contributed by atoms with E-state index in [2.05, 4.69) is 5.32 Å². The molecule has 2 aliphatic carbocycles. The maximum Gasteiger partial charge on any atom is 0.223 e. The summed E-state index contributed by atoms with van der Waals surface area (Å²) in [5, 5.41) is 3.18. The minimum absolute atomic E-state index is 0.290. The van der Waals surface area contributed by atoms with Gasteiger partial charge in [0.1, 0.15) is 0 Å². The summed E-state index contributed by atoms with van der Waals surface area (Å²) in [6, 6.07) is 0.402. The maximum atomic E-state index is 12.1. The normalized spacial score (nSPS) is 30.7. The van der Waals surface area contributed by atoms with Crippen LogP contribution >= 0.6 is 0 Å². The fraction of sp³-hybridized carbons (Fsp3) is 0.933. The highest BCUT2D eigenvalue weighted by Crippen LogP contribution is 2.24. The lowest BCUT2D eigenvalue weighted by Crippen LogP contribution is -2.37. The Bertz CT molecular complexity index is 251. The monoisotopic (exact) mass is 252 g/mol. The van der Waals surface area contributed by atoms with Gasteiger partial charge in [-0.15, -0.1) is 0 Å². The van der Waals surface area contributed by atoms with E-state index in [4.69, 9.17) is 5.73 Å². The van der Waals surface area contributed by atoms with E-state index in [1.54, 1.807) is 0 Å². The van der Waals surface area contributed by atoms with E-state index in [0.717, 1.165) is 32.2 Å². The molecule has 2 aliphatic rings. The Hall–Kier alpha value is -0.570. The van der Waals surface area contributed by atoms with Crippen LogP contribution in [0.3, 0.4) is 0 Å². The summed E-state index contributed by atoms with van der Waals surface area (Å²) >= 11 is 0. The summed E-state index contributed by atoms with van der Waals surface area (Å²) in [4.78, 5) is 12.1. The molecule has 104 valence electrons. The van der Waals surface area contributed by atoms with Gasteiger partial charge in [-0.3, -0.25) is 4.79 Å². The van der Waals surface area contributed by atoms with Crippen LogP contribution in [0.4, 0.5) is 0 Å². The van der Waals surface area contributed by atoms with Crippen molar-refractivity contribution < 1.29 is 4.79 Å². The van der Waals surface area contributed by atoms with Gasteiger partial charge < -0.3 is 11.1 Å². The third-order valence-electron chi connectivity index (χ3n) is 4.68. The first-order valence-electron chi connectivity index (χ1n) is 7.79. The number of carbonyl (C=O) groups excluding carboxylic acids is 1. The summed E-state index contributed by atoms with van der Waals surface area (Å²) in [6.45, 7) is 0.877. The summed E-state index contributed by atoms with van der Waals surface area (Å²) in [5.74, 6) is 1.27. The van der Waals surface area contributed by atoms with Gasteiger partial charge in [0, 0.05) is 18.5 Å². The number of carbonyl (C=O) groups is 1. The summed E-state index contributed by atoms with van der Waals surface area (Å²) in [5.41, 5.74) is 5.90. The van der Waals surface area contributed by atoms with Gasteiger partial charge in [0.2, 0.25) is 5.91 Å². The third kappa shape index (κ3) is 4.27. The first kappa shape index (κ1) is 13.9. The first-order valence-corrected chi connectivity index (χ1v) is 7.79. The molecule has 3 N–H and O–H groups in total. The highest BCUT2D eigenvalue weighted by Gasteiger charge is 2.22. The number of rotatable bonds is 3. The van der Waals surface area contributed by atoms with Crippen molar-refractivity contribution in [1.29, 1.82) is 0 Å². The van der Waals surface area contributed by atoms with Crippen LogP contribution in [0.25, 0.3) is 0 Å². The van der Waals surface area contributed by atoms with E-state index in [1.165, 1.54) is 38.5 Å². The smallest absolute Gasteiger partial charge is 0.223 e. The Morgan fingerprint density at radius 2 is 1.56 bits per heavy atom. The molecular weight excluding hydrogens is 224 g/mol. The molecule has 0 spiro atoms. The molecule has 18 heavy (non-hydrogen) atoms. The van der Waals surface area contributed by atoms with E-state index in [9.17, 15) is 4.79 Å². The van der Waals surface area contributed by atoms with Crippen LogP contribution in [-0.2, 0) is 4.79 Å². The molecule has 0 aromatic rings. The molecule has 2 fully saturated rings. The van der Waals surface area contributed by atoms with Gasteiger partial charge >= 0.3 is 0 Å². The predicted octanol–water partition coefficient (Wildman–Crippen LogP) is 2.59. The van der Waals surface area contributed by atoms with Crippen LogP contribution in [-0.4, -0.2) is 18.5 Å². The second-order valence-electron chi connectivity index (χ2n) is 6.21. The molecule has 3 heteroatoms. The minimum Gasteiger partial charge on any atom is -0.356 e. The maximum absolute atomic E-state index is 12.1. The quantitative estimate of drug-likeness (QED) is 0.759. The van der Waals surface area contributed by atoms with Crippen LogP contribution in [0.15, 0.2) is 0 Å². The second kappa shape index (κ2) is 7.13. The van der Waals surface area contributed by atoms with Crippen molar-refractivity contribution in [2.24, 2.45) is 17.6 Å². The fourth-order valence-electron chi connectivity index (χ4n) is 3.32. The van der Waals surface area contributed by atoms with E-state index in [0.29, 0.717) is 23.8 Å². The lowest BCUT2D eigenvalue weighted by atomic mass is 9.86. The Balaban J connectivity index is 1.67. The third-order valence-corrected chi connectivity index (χ3v) is 4.68. The van der Waals surface area contributed by atoms with Gasteiger partial charge in [-0.2, -0.15) is 0 Å². The molecule has 0 unspecified atom stereocenters. The molecule has 3 nitrogen and oxygen atoms in total. The molecule has 0 heterocycles. The van der Waals surface area contributed by atoms with Gasteiger partial charge in [0.25, 0.3) is 0 Å². The lowest BCUT2D eigenvalue weighted by molar-refractivity contribution is -0.125. The highest BCUT2D eigenvalue weighted by atomic mass is 16.1. The van der Waals surface area contributed by atoms with E-state index in [-0.39, 0.29) is 0 Å². The summed E-state index contributed by atoms with van der Waals surface area (Å²) in [6.07, 6.45) is 11.9. The molecule has 0 atom stereocenters. The predicted molar refractivity (Wildman–Crippen MR) is 74.1 cm³/mol. The van der Waals surface area contributed by atoms with Crippen molar-refractivity contribution in [2.75, 3.05) is 6.54 Å². The lowest BCUT2D eigenvalue weighted by Gasteiger charge is -2.26. The molecule has 0 aromatic heterocycles. The molecule has 1 amide bonds. The largest absolute Gasteiger partial charge is 0.356 e. The second-order valence-corrected chi connectivity index (χ2v) is 6.21. The molecule has 0 radical (unpaired) electrons. The van der Waals surface area contributed by atoms with Gasteiger partial charge in [-0.25, -0.2) is 0 Å².